The Bertz CT molecular complexity index is 1220. The molecule has 5 N–H and O–H groups in total. The van der Waals surface area contributed by atoms with E-state index in [9.17, 15) is 0 Å². The van der Waals surface area contributed by atoms with Gasteiger partial charge in [0.05, 0.1) is 6.61 Å². The minimum atomic E-state index is 0.285. The van der Waals surface area contributed by atoms with Crippen LogP contribution in [-0.2, 0) is 0 Å². The zero-order valence-electron chi connectivity index (χ0n) is 24.4. The Morgan fingerprint density at radius 1 is 0.500 bits per heavy atom. The lowest BCUT2D eigenvalue weighted by atomic mass is 10.3. The van der Waals surface area contributed by atoms with Gasteiger partial charge in [0.1, 0.15) is 0 Å². The number of rotatable bonds is 19. The highest BCUT2D eigenvalue weighted by atomic mass is 16.5. The van der Waals surface area contributed by atoms with Crippen molar-refractivity contribution in [1.82, 2.24) is 29.9 Å². The van der Waals surface area contributed by atoms with E-state index in [-0.39, 0.29) is 6.01 Å². The number of hydrogen-bond acceptors (Lipinski definition) is 12. The molecule has 4 rings (SSSR count). The lowest BCUT2D eigenvalue weighted by Crippen LogP contribution is -2.13. The van der Waals surface area contributed by atoms with Gasteiger partial charge in [0.15, 0.2) is 0 Å². The Labute approximate surface area is 247 Å². The fraction of sp³-hybridized carbons (Fsp3) is 0.400. The molecule has 2 aromatic heterocycles. The number of aromatic nitrogens is 6. The smallest absolute Gasteiger partial charge is 0.323 e. The number of para-hydroxylation sites is 2. The van der Waals surface area contributed by atoms with Crippen molar-refractivity contribution in [2.24, 2.45) is 0 Å². The monoisotopic (exact) mass is 571 g/mol. The fourth-order valence-corrected chi connectivity index (χ4v) is 3.79. The van der Waals surface area contributed by atoms with Crippen molar-refractivity contribution >= 4 is 41.1 Å². The molecular weight excluding hydrogens is 530 g/mol. The largest absolute Gasteiger partial charge is 0.463 e. The predicted octanol–water partition coefficient (Wildman–Crippen LogP) is 6.24. The summed E-state index contributed by atoms with van der Waals surface area (Å²) in [6, 6.07) is 19.9. The molecule has 0 amide bonds. The van der Waals surface area contributed by atoms with Crippen LogP contribution in [0.5, 0.6) is 6.01 Å². The first-order valence-electron chi connectivity index (χ1n) is 14.7. The summed E-state index contributed by atoms with van der Waals surface area (Å²) >= 11 is 0. The molecule has 0 saturated heterocycles. The summed E-state index contributed by atoms with van der Waals surface area (Å²) in [6.45, 7) is 7.02. The highest BCUT2D eigenvalue weighted by molar-refractivity contribution is 5.55. The number of nitrogens with one attached hydrogen (secondary N) is 5. The Hall–Kier alpha value is -4.74. The molecule has 0 saturated carbocycles. The Balaban J connectivity index is 1.29. The van der Waals surface area contributed by atoms with Crippen LogP contribution >= 0.6 is 0 Å². The van der Waals surface area contributed by atoms with Gasteiger partial charge in [0, 0.05) is 31.0 Å². The van der Waals surface area contributed by atoms with E-state index in [2.05, 4.69) is 70.3 Å². The molecule has 0 spiro atoms. The molecule has 12 nitrogen and oxygen atoms in total. The minimum absolute atomic E-state index is 0.285. The van der Waals surface area contributed by atoms with Crippen LogP contribution in [0.4, 0.5) is 41.1 Å². The van der Waals surface area contributed by atoms with Crippen LogP contribution in [-0.4, -0.2) is 56.1 Å². The van der Waals surface area contributed by atoms with Crippen molar-refractivity contribution in [2.75, 3.05) is 52.8 Å². The molecule has 12 heteroatoms. The van der Waals surface area contributed by atoms with Crippen LogP contribution in [0.2, 0.25) is 0 Å². The third kappa shape index (κ3) is 10.7. The first-order chi connectivity index (χ1) is 20.7. The van der Waals surface area contributed by atoms with E-state index >= 15 is 0 Å². The summed E-state index contributed by atoms with van der Waals surface area (Å²) in [6.07, 6.45) is 5.87. The fourth-order valence-electron chi connectivity index (χ4n) is 3.79. The van der Waals surface area contributed by atoms with Gasteiger partial charge < -0.3 is 31.3 Å². The second-order valence-electron chi connectivity index (χ2n) is 9.60. The van der Waals surface area contributed by atoms with E-state index in [1.165, 1.54) is 0 Å². The molecule has 0 bridgehead atoms. The van der Waals surface area contributed by atoms with Crippen molar-refractivity contribution in [3.63, 3.8) is 0 Å². The maximum atomic E-state index is 5.91. The topological polar surface area (TPSA) is 147 Å². The highest BCUT2D eigenvalue weighted by Gasteiger charge is 2.09. The highest BCUT2D eigenvalue weighted by Crippen LogP contribution is 2.18. The first-order valence-corrected chi connectivity index (χ1v) is 14.7. The predicted molar refractivity (Wildman–Crippen MR) is 169 cm³/mol. The first kappa shape index (κ1) is 30.2. The van der Waals surface area contributed by atoms with Gasteiger partial charge in [-0.25, -0.2) is 0 Å². The Morgan fingerprint density at radius 3 is 1.45 bits per heavy atom. The van der Waals surface area contributed by atoms with Crippen LogP contribution in [0.1, 0.15) is 52.4 Å². The van der Waals surface area contributed by atoms with Gasteiger partial charge in [-0.3, -0.25) is 0 Å². The van der Waals surface area contributed by atoms with E-state index in [1.54, 1.807) is 0 Å². The number of anilines is 7. The van der Waals surface area contributed by atoms with Crippen molar-refractivity contribution in [2.45, 2.75) is 52.4 Å². The third-order valence-corrected chi connectivity index (χ3v) is 6.02. The molecule has 0 aliphatic carbocycles. The average molecular weight is 572 g/mol. The quantitative estimate of drug-likeness (QED) is 0.0812. The Morgan fingerprint density at radius 2 is 0.929 bits per heavy atom. The van der Waals surface area contributed by atoms with Gasteiger partial charge in [-0.05, 0) is 49.9 Å². The Kier molecular flexibility index (Phi) is 12.3. The van der Waals surface area contributed by atoms with Crippen LogP contribution in [0.15, 0.2) is 60.7 Å². The summed E-state index contributed by atoms with van der Waals surface area (Å²) < 4.78 is 5.91. The minimum Gasteiger partial charge on any atom is -0.463 e. The van der Waals surface area contributed by atoms with Crippen LogP contribution < -0.4 is 31.3 Å². The van der Waals surface area contributed by atoms with Gasteiger partial charge in [0.2, 0.25) is 29.7 Å². The second kappa shape index (κ2) is 17.2. The lowest BCUT2D eigenvalue weighted by molar-refractivity contribution is 0.284. The van der Waals surface area contributed by atoms with Crippen molar-refractivity contribution < 1.29 is 4.74 Å². The molecule has 0 radical (unpaired) electrons. The van der Waals surface area contributed by atoms with E-state index in [1.807, 2.05) is 60.7 Å². The molecule has 0 aliphatic rings. The SMILES string of the molecule is CCCCNc1nc(NCCCCOc2nc(NCCCC)nc(Nc3ccccc3)n2)nc(Nc2ccccc2)n1. The summed E-state index contributed by atoms with van der Waals surface area (Å²) in [5.41, 5.74) is 1.81. The third-order valence-electron chi connectivity index (χ3n) is 6.02. The zero-order chi connectivity index (χ0) is 29.2. The molecule has 4 aromatic rings. The van der Waals surface area contributed by atoms with Gasteiger partial charge in [-0.1, -0.05) is 63.1 Å². The van der Waals surface area contributed by atoms with Crippen molar-refractivity contribution in [1.29, 1.82) is 0 Å². The van der Waals surface area contributed by atoms with Crippen molar-refractivity contribution in [3.8, 4) is 6.01 Å². The molecule has 2 aromatic carbocycles. The van der Waals surface area contributed by atoms with Crippen LogP contribution in [0, 0.1) is 0 Å². The average Bonchev–Trinajstić information content (AvgIpc) is 3.00. The molecule has 0 aliphatic heterocycles. The molecule has 42 heavy (non-hydrogen) atoms. The van der Waals surface area contributed by atoms with E-state index in [4.69, 9.17) is 4.74 Å². The molecule has 0 unspecified atom stereocenters. The number of ether oxygens (including phenoxy) is 1. The standard InChI is InChI=1S/C30H41N11O/c1-3-5-19-31-25-36-26(38-28(37-25)34-23-15-9-7-10-16-23)33-21-13-14-22-42-30-40-27(32-20-6-4-2)39-29(41-30)35-24-17-11-8-12-18-24/h7-12,15-18H,3-6,13-14,19-22H2,1-2H3,(H2,32,35,39,40,41)(H3,31,33,34,36,37,38). The number of unbranched alkanes of at least 4 members (excludes halogenated alkanes) is 3. The number of benzene rings is 2. The van der Waals surface area contributed by atoms with Crippen molar-refractivity contribution in [3.05, 3.63) is 60.7 Å². The van der Waals surface area contributed by atoms with Gasteiger partial charge in [-0.15, -0.1) is 0 Å². The molecule has 2 heterocycles. The molecular formula is C30H41N11O. The van der Waals surface area contributed by atoms with E-state index < -0.39 is 0 Å². The molecule has 0 atom stereocenters. The van der Waals surface area contributed by atoms with E-state index in [0.717, 1.165) is 63.0 Å². The van der Waals surface area contributed by atoms with Gasteiger partial charge >= 0.3 is 6.01 Å². The van der Waals surface area contributed by atoms with Crippen LogP contribution in [0.3, 0.4) is 0 Å². The lowest BCUT2D eigenvalue weighted by Gasteiger charge is -2.12. The normalized spacial score (nSPS) is 10.6. The van der Waals surface area contributed by atoms with Gasteiger partial charge in [-0.2, -0.15) is 29.9 Å². The summed E-state index contributed by atoms with van der Waals surface area (Å²) in [7, 11) is 0. The number of hydrogen-bond donors (Lipinski definition) is 5. The summed E-state index contributed by atoms with van der Waals surface area (Å²) in [5.74, 6) is 2.47. The second-order valence-corrected chi connectivity index (χ2v) is 9.60. The van der Waals surface area contributed by atoms with E-state index in [0.29, 0.717) is 42.9 Å². The maximum Gasteiger partial charge on any atom is 0.323 e. The summed E-state index contributed by atoms with van der Waals surface area (Å²) in [5, 5.41) is 16.3. The molecule has 0 fully saturated rings. The maximum absolute atomic E-state index is 5.91. The van der Waals surface area contributed by atoms with Gasteiger partial charge in [0.25, 0.3) is 0 Å². The number of nitrogens with zero attached hydrogens (tertiary/aromatic N) is 6. The van der Waals surface area contributed by atoms with Crippen LogP contribution in [0.25, 0.3) is 0 Å². The molecule has 222 valence electrons. The zero-order valence-corrected chi connectivity index (χ0v) is 24.4. The summed E-state index contributed by atoms with van der Waals surface area (Å²) in [4.78, 5) is 27.0.